The van der Waals surface area contributed by atoms with Crippen LogP contribution in [0.4, 0.5) is 0 Å². The third kappa shape index (κ3) is 2.66. The minimum absolute atomic E-state index is 0.0846. The van der Waals surface area contributed by atoms with Gasteiger partial charge >= 0.3 is 0 Å². The summed E-state index contributed by atoms with van der Waals surface area (Å²) in [5, 5.41) is 6.67. The smallest absolute Gasteiger partial charge is 0.226 e. The van der Waals surface area contributed by atoms with Crippen molar-refractivity contribution in [3.8, 4) is 0 Å². The number of piperidine rings is 1. The standard InChI is InChI=1S/C16H22N2O/c1-16(8-9-16)15(19)18-14-11-17-10-7-13(14)12-5-3-2-4-6-12/h2-6,13-14,17H,7-11H2,1H3,(H,18,19). The minimum atomic E-state index is -0.0846. The monoisotopic (exact) mass is 258 g/mol. The number of amides is 1. The lowest BCUT2D eigenvalue weighted by Crippen LogP contribution is -2.51. The maximum Gasteiger partial charge on any atom is 0.226 e. The van der Waals surface area contributed by atoms with Crippen LogP contribution in [0, 0.1) is 5.41 Å². The Labute approximate surface area is 114 Å². The van der Waals surface area contributed by atoms with Crippen LogP contribution in [0.1, 0.15) is 37.7 Å². The number of carbonyl (C=O) groups is 1. The van der Waals surface area contributed by atoms with E-state index in [2.05, 4.69) is 41.8 Å². The normalized spacial score (nSPS) is 28.7. The molecule has 2 N–H and O–H groups in total. The van der Waals surface area contributed by atoms with Crippen LogP contribution in [0.25, 0.3) is 0 Å². The molecule has 3 rings (SSSR count). The highest BCUT2D eigenvalue weighted by molar-refractivity contribution is 5.85. The lowest BCUT2D eigenvalue weighted by molar-refractivity contribution is -0.126. The average molecular weight is 258 g/mol. The van der Waals surface area contributed by atoms with E-state index >= 15 is 0 Å². The van der Waals surface area contributed by atoms with E-state index in [1.807, 2.05) is 6.07 Å². The highest BCUT2D eigenvalue weighted by atomic mass is 16.2. The van der Waals surface area contributed by atoms with Crippen molar-refractivity contribution < 1.29 is 4.79 Å². The second-order valence-corrected chi connectivity index (χ2v) is 6.15. The maximum atomic E-state index is 12.2. The predicted molar refractivity (Wildman–Crippen MR) is 75.9 cm³/mol. The van der Waals surface area contributed by atoms with E-state index in [-0.39, 0.29) is 17.4 Å². The van der Waals surface area contributed by atoms with E-state index in [9.17, 15) is 4.79 Å². The SMILES string of the molecule is CC1(C(=O)NC2CNCCC2c2ccccc2)CC1. The summed E-state index contributed by atoms with van der Waals surface area (Å²) in [6.07, 6.45) is 3.16. The molecule has 1 amide bonds. The Morgan fingerprint density at radius 2 is 2.05 bits per heavy atom. The Morgan fingerprint density at radius 1 is 1.32 bits per heavy atom. The molecule has 2 fully saturated rings. The molecule has 1 saturated carbocycles. The molecule has 0 radical (unpaired) electrons. The van der Waals surface area contributed by atoms with Crippen molar-refractivity contribution in [2.24, 2.45) is 5.41 Å². The summed E-state index contributed by atoms with van der Waals surface area (Å²) in [5.74, 6) is 0.677. The zero-order chi connectivity index (χ0) is 13.3. The lowest BCUT2D eigenvalue weighted by Gasteiger charge is -2.34. The first-order valence-electron chi connectivity index (χ1n) is 7.26. The Morgan fingerprint density at radius 3 is 2.74 bits per heavy atom. The third-order valence-corrected chi connectivity index (χ3v) is 4.57. The van der Waals surface area contributed by atoms with Gasteiger partial charge < -0.3 is 10.6 Å². The van der Waals surface area contributed by atoms with Crippen LogP contribution in [0.2, 0.25) is 0 Å². The largest absolute Gasteiger partial charge is 0.351 e. The maximum absolute atomic E-state index is 12.2. The molecule has 2 atom stereocenters. The van der Waals surface area contributed by atoms with Gasteiger partial charge in [-0.15, -0.1) is 0 Å². The Kier molecular flexibility index (Phi) is 3.31. The van der Waals surface area contributed by atoms with Gasteiger partial charge in [-0.1, -0.05) is 37.3 Å². The van der Waals surface area contributed by atoms with Crippen LogP contribution >= 0.6 is 0 Å². The minimum Gasteiger partial charge on any atom is -0.351 e. The van der Waals surface area contributed by atoms with Crippen LogP contribution < -0.4 is 10.6 Å². The van der Waals surface area contributed by atoms with Crippen molar-refractivity contribution in [2.45, 2.75) is 38.1 Å². The quantitative estimate of drug-likeness (QED) is 0.871. The van der Waals surface area contributed by atoms with E-state index < -0.39 is 0 Å². The molecule has 0 bridgehead atoms. The predicted octanol–water partition coefficient (Wildman–Crippen LogP) is 2.05. The van der Waals surface area contributed by atoms with Gasteiger partial charge in [-0.3, -0.25) is 4.79 Å². The summed E-state index contributed by atoms with van der Waals surface area (Å²) in [4.78, 5) is 12.2. The second-order valence-electron chi connectivity index (χ2n) is 6.15. The molecule has 0 aromatic heterocycles. The van der Waals surface area contributed by atoms with Gasteiger partial charge in [-0.2, -0.15) is 0 Å². The Hall–Kier alpha value is -1.35. The van der Waals surface area contributed by atoms with Gasteiger partial charge in [0, 0.05) is 23.9 Å². The van der Waals surface area contributed by atoms with Crippen LogP contribution in [0.3, 0.4) is 0 Å². The molecule has 1 saturated heterocycles. The first-order valence-corrected chi connectivity index (χ1v) is 7.26. The van der Waals surface area contributed by atoms with E-state index in [0.29, 0.717) is 5.92 Å². The van der Waals surface area contributed by atoms with Gasteiger partial charge in [-0.25, -0.2) is 0 Å². The lowest BCUT2D eigenvalue weighted by atomic mass is 9.85. The molecule has 1 aromatic rings. The number of hydrogen-bond acceptors (Lipinski definition) is 2. The summed E-state index contributed by atoms with van der Waals surface area (Å²) >= 11 is 0. The van der Waals surface area contributed by atoms with E-state index in [1.54, 1.807) is 0 Å². The highest BCUT2D eigenvalue weighted by Crippen LogP contribution is 2.45. The van der Waals surface area contributed by atoms with Gasteiger partial charge in [0.05, 0.1) is 0 Å². The molecule has 3 nitrogen and oxygen atoms in total. The van der Waals surface area contributed by atoms with Crippen molar-refractivity contribution in [1.29, 1.82) is 0 Å². The summed E-state index contributed by atoms with van der Waals surface area (Å²) in [7, 11) is 0. The molecule has 1 aliphatic heterocycles. The van der Waals surface area contributed by atoms with Crippen molar-refractivity contribution in [3.05, 3.63) is 35.9 Å². The Bertz CT molecular complexity index is 453. The summed E-state index contributed by atoms with van der Waals surface area (Å²) < 4.78 is 0. The molecule has 102 valence electrons. The van der Waals surface area contributed by atoms with Crippen molar-refractivity contribution >= 4 is 5.91 Å². The molecule has 19 heavy (non-hydrogen) atoms. The first kappa shape index (κ1) is 12.7. The molecule has 1 aliphatic carbocycles. The van der Waals surface area contributed by atoms with Crippen molar-refractivity contribution in [3.63, 3.8) is 0 Å². The summed E-state index contributed by atoms with van der Waals surface area (Å²) in [6, 6.07) is 10.8. The fourth-order valence-electron chi connectivity index (χ4n) is 2.87. The molecule has 3 heteroatoms. The average Bonchev–Trinajstić information content (AvgIpc) is 3.20. The molecule has 1 heterocycles. The van der Waals surface area contributed by atoms with Gasteiger partial charge in [0.25, 0.3) is 0 Å². The number of rotatable bonds is 3. The van der Waals surface area contributed by atoms with Crippen LogP contribution in [-0.4, -0.2) is 25.0 Å². The molecule has 0 spiro atoms. The van der Waals surface area contributed by atoms with E-state index in [4.69, 9.17) is 0 Å². The van der Waals surface area contributed by atoms with Gasteiger partial charge in [0.15, 0.2) is 0 Å². The van der Waals surface area contributed by atoms with Gasteiger partial charge in [-0.05, 0) is 31.4 Å². The fraction of sp³-hybridized carbons (Fsp3) is 0.562. The van der Waals surface area contributed by atoms with Crippen LogP contribution in [-0.2, 0) is 4.79 Å². The van der Waals surface area contributed by atoms with E-state index in [0.717, 1.165) is 32.4 Å². The van der Waals surface area contributed by atoms with Crippen molar-refractivity contribution in [1.82, 2.24) is 10.6 Å². The molecular formula is C16H22N2O. The Balaban J connectivity index is 1.72. The fourth-order valence-corrected chi connectivity index (χ4v) is 2.87. The number of nitrogens with one attached hydrogen (secondary N) is 2. The second kappa shape index (κ2) is 4.97. The zero-order valence-electron chi connectivity index (χ0n) is 11.5. The van der Waals surface area contributed by atoms with Crippen LogP contribution in [0.15, 0.2) is 30.3 Å². The zero-order valence-corrected chi connectivity index (χ0v) is 11.5. The number of carbonyl (C=O) groups excluding carboxylic acids is 1. The van der Waals surface area contributed by atoms with Crippen molar-refractivity contribution in [2.75, 3.05) is 13.1 Å². The highest BCUT2D eigenvalue weighted by Gasteiger charge is 2.46. The molecular weight excluding hydrogens is 236 g/mol. The van der Waals surface area contributed by atoms with Gasteiger partial charge in [0.1, 0.15) is 0 Å². The summed E-state index contributed by atoms with van der Waals surface area (Å²) in [5.41, 5.74) is 1.26. The van der Waals surface area contributed by atoms with E-state index in [1.165, 1.54) is 5.56 Å². The number of benzene rings is 1. The summed E-state index contributed by atoms with van der Waals surface area (Å²) in [6.45, 7) is 3.97. The molecule has 2 aliphatic rings. The van der Waals surface area contributed by atoms with Crippen LogP contribution in [0.5, 0.6) is 0 Å². The third-order valence-electron chi connectivity index (χ3n) is 4.57. The molecule has 2 unspecified atom stereocenters. The topological polar surface area (TPSA) is 41.1 Å². The van der Waals surface area contributed by atoms with Gasteiger partial charge in [0.2, 0.25) is 5.91 Å². The molecule has 1 aromatic carbocycles. The number of hydrogen-bond donors (Lipinski definition) is 2. The first-order chi connectivity index (χ1) is 9.19.